The predicted molar refractivity (Wildman–Crippen MR) is 125 cm³/mol. The number of amides is 2. The predicted octanol–water partition coefficient (Wildman–Crippen LogP) is 4.11. The van der Waals surface area contributed by atoms with Gasteiger partial charge in [0.05, 0.1) is 20.6 Å². The molecular formula is C26H34N2O4. The summed E-state index contributed by atoms with van der Waals surface area (Å²) < 4.78 is 10.6. The molecule has 172 valence electrons. The number of hydrogen-bond acceptors (Lipinski definition) is 4. The molecule has 0 unspecified atom stereocenters. The molecule has 1 aliphatic carbocycles. The van der Waals surface area contributed by atoms with Gasteiger partial charge in [-0.3, -0.25) is 9.59 Å². The van der Waals surface area contributed by atoms with Crippen molar-refractivity contribution in [1.82, 2.24) is 10.2 Å². The highest BCUT2D eigenvalue weighted by Crippen LogP contribution is 2.21. The van der Waals surface area contributed by atoms with Crippen LogP contribution in [0.5, 0.6) is 11.5 Å². The van der Waals surface area contributed by atoms with Gasteiger partial charge in [-0.15, -0.1) is 0 Å². The number of methoxy groups -OCH3 is 2. The Hall–Kier alpha value is -3.02. The van der Waals surface area contributed by atoms with Crippen LogP contribution in [0, 0.1) is 0 Å². The van der Waals surface area contributed by atoms with Crippen LogP contribution in [0.25, 0.3) is 0 Å². The third-order valence-electron chi connectivity index (χ3n) is 6.09. The minimum Gasteiger partial charge on any atom is -0.497 e. The second-order valence-electron chi connectivity index (χ2n) is 8.31. The van der Waals surface area contributed by atoms with Crippen LogP contribution in [-0.4, -0.2) is 43.0 Å². The maximum Gasteiger partial charge on any atom is 0.243 e. The first-order valence-electron chi connectivity index (χ1n) is 11.4. The fourth-order valence-electron chi connectivity index (χ4n) is 4.27. The number of benzene rings is 2. The van der Waals surface area contributed by atoms with Gasteiger partial charge in [0.1, 0.15) is 17.5 Å². The van der Waals surface area contributed by atoms with E-state index in [0.717, 1.165) is 48.3 Å². The number of ether oxygens (including phenoxy) is 2. The van der Waals surface area contributed by atoms with Gasteiger partial charge in [-0.05, 0) is 54.7 Å². The number of carbonyl (C=O) groups is 2. The van der Waals surface area contributed by atoms with E-state index < -0.39 is 6.04 Å². The van der Waals surface area contributed by atoms with Crippen molar-refractivity contribution in [3.8, 4) is 11.5 Å². The van der Waals surface area contributed by atoms with Gasteiger partial charge in [0.2, 0.25) is 11.8 Å². The summed E-state index contributed by atoms with van der Waals surface area (Å²) in [4.78, 5) is 28.3. The van der Waals surface area contributed by atoms with Crippen molar-refractivity contribution in [2.75, 3.05) is 14.2 Å². The van der Waals surface area contributed by atoms with E-state index in [0.29, 0.717) is 13.0 Å². The number of hydrogen-bond donors (Lipinski definition) is 1. The minimum absolute atomic E-state index is 0.0645. The van der Waals surface area contributed by atoms with Crippen molar-refractivity contribution < 1.29 is 19.1 Å². The molecule has 0 heterocycles. The van der Waals surface area contributed by atoms with Gasteiger partial charge >= 0.3 is 0 Å². The maximum atomic E-state index is 13.5. The summed E-state index contributed by atoms with van der Waals surface area (Å²) in [5, 5.41) is 3.18. The largest absolute Gasteiger partial charge is 0.497 e. The van der Waals surface area contributed by atoms with Gasteiger partial charge in [0.25, 0.3) is 0 Å². The average molecular weight is 439 g/mol. The van der Waals surface area contributed by atoms with Crippen molar-refractivity contribution in [3.63, 3.8) is 0 Å². The van der Waals surface area contributed by atoms with Crippen LogP contribution in [0.15, 0.2) is 48.5 Å². The molecule has 3 rings (SSSR count). The topological polar surface area (TPSA) is 67.9 Å². The second-order valence-corrected chi connectivity index (χ2v) is 8.31. The number of rotatable bonds is 10. The molecule has 2 aromatic carbocycles. The lowest BCUT2D eigenvalue weighted by atomic mass is 10.1. The highest BCUT2D eigenvalue weighted by molar-refractivity contribution is 5.88. The Morgan fingerprint density at radius 1 is 1.00 bits per heavy atom. The summed E-state index contributed by atoms with van der Waals surface area (Å²) in [5.41, 5.74) is 1.82. The normalized spacial score (nSPS) is 14.6. The van der Waals surface area contributed by atoms with Crippen molar-refractivity contribution >= 4 is 11.8 Å². The lowest BCUT2D eigenvalue weighted by Crippen LogP contribution is -2.51. The number of nitrogens with zero attached hydrogens (tertiary/aromatic N) is 1. The van der Waals surface area contributed by atoms with Gasteiger partial charge in [-0.2, -0.15) is 0 Å². The zero-order valence-corrected chi connectivity index (χ0v) is 19.3. The van der Waals surface area contributed by atoms with Crippen molar-refractivity contribution in [3.05, 3.63) is 59.7 Å². The van der Waals surface area contributed by atoms with Crippen molar-refractivity contribution in [2.24, 2.45) is 0 Å². The van der Waals surface area contributed by atoms with Gasteiger partial charge in [-0.25, -0.2) is 0 Å². The molecule has 1 N–H and O–H groups in total. The van der Waals surface area contributed by atoms with Gasteiger partial charge in [0, 0.05) is 12.6 Å². The Bertz CT molecular complexity index is 891. The first kappa shape index (κ1) is 23.6. The Labute approximate surface area is 190 Å². The third-order valence-corrected chi connectivity index (χ3v) is 6.09. The summed E-state index contributed by atoms with van der Waals surface area (Å²) in [6.45, 7) is 2.31. The van der Waals surface area contributed by atoms with Gasteiger partial charge in [-0.1, -0.05) is 44.0 Å². The van der Waals surface area contributed by atoms with E-state index >= 15 is 0 Å². The molecule has 32 heavy (non-hydrogen) atoms. The zero-order chi connectivity index (χ0) is 22.9. The first-order valence-corrected chi connectivity index (χ1v) is 11.4. The summed E-state index contributed by atoms with van der Waals surface area (Å²) in [6.07, 6.45) is 5.09. The third kappa shape index (κ3) is 6.25. The van der Waals surface area contributed by atoms with E-state index in [1.54, 1.807) is 19.1 Å². The van der Waals surface area contributed by atoms with Crippen molar-refractivity contribution in [1.29, 1.82) is 0 Å². The molecule has 0 saturated heterocycles. The van der Waals surface area contributed by atoms with Gasteiger partial charge in [0.15, 0.2) is 0 Å². The molecule has 0 spiro atoms. The quantitative estimate of drug-likeness (QED) is 0.606. The van der Waals surface area contributed by atoms with E-state index in [9.17, 15) is 9.59 Å². The van der Waals surface area contributed by atoms with Gasteiger partial charge < -0.3 is 19.7 Å². The Morgan fingerprint density at radius 2 is 1.69 bits per heavy atom. The molecule has 0 radical (unpaired) electrons. The summed E-state index contributed by atoms with van der Waals surface area (Å²) in [7, 11) is 3.24. The molecule has 1 atom stereocenters. The van der Waals surface area contributed by atoms with Crippen LogP contribution in [0.1, 0.15) is 50.2 Å². The van der Waals surface area contributed by atoms with E-state index in [4.69, 9.17) is 9.47 Å². The van der Waals surface area contributed by atoms with Crippen LogP contribution in [0.4, 0.5) is 0 Å². The van der Waals surface area contributed by atoms with Crippen LogP contribution in [0.2, 0.25) is 0 Å². The minimum atomic E-state index is -0.521. The second kappa shape index (κ2) is 11.6. The molecule has 6 nitrogen and oxygen atoms in total. The monoisotopic (exact) mass is 438 g/mol. The van der Waals surface area contributed by atoms with Crippen LogP contribution < -0.4 is 14.8 Å². The molecule has 1 aliphatic rings. The van der Waals surface area contributed by atoms with Crippen LogP contribution in [-0.2, 0) is 22.6 Å². The lowest BCUT2D eigenvalue weighted by molar-refractivity contribution is -0.141. The van der Waals surface area contributed by atoms with E-state index in [2.05, 4.69) is 5.32 Å². The van der Waals surface area contributed by atoms with E-state index in [1.165, 1.54) is 0 Å². The van der Waals surface area contributed by atoms with E-state index in [-0.39, 0.29) is 24.3 Å². The lowest BCUT2D eigenvalue weighted by Gasteiger charge is -2.31. The standard InChI is InChI=1S/C26H34N2O4/c1-4-24(26(30)27-21-9-5-6-10-21)28(18-20-8-7-11-23(16-20)32-3)25(29)17-19-12-14-22(31-2)15-13-19/h7-8,11-16,21,24H,4-6,9-10,17-18H2,1-3H3,(H,27,30)/t24-/m0/s1. The van der Waals surface area contributed by atoms with E-state index in [1.807, 2.05) is 55.5 Å². The molecule has 0 aliphatic heterocycles. The van der Waals surface area contributed by atoms with Crippen LogP contribution in [0.3, 0.4) is 0 Å². The molecule has 0 bridgehead atoms. The summed E-state index contributed by atoms with van der Waals surface area (Å²) in [6, 6.07) is 14.8. The fraction of sp³-hybridized carbons (Fsp3) is 0.462. The van der Waals surface area contributed by atoms with Crippen LogP contribution >= 0.6 is 0 Å². The Balaban J connectivity index is 1.81. The highest BCUT2D eigenvalue weighted by atomic mass is 16.5. The molecular weight excluding hydrogens is 404 g/mol. The molecule has 6 heteroatoms. The molecule has 1 saturated carbocycles. The zero-order valence-electron chi connectivity index (χ0n) is 19.3. The maximum absolute atomic E-state index is 13.5. The summed E-state index contributed by atoms with van der Waals surface area (Å²) in [5.74, 6) is 1.34. The fourth-order valence-corrected chi connectivity index (χ4v) is 4.27. The smallest absolute Gasteiger partial charge is 0.243 e. The SMILES string of the molecule is CC[C@@H](C(=O)NC1CCCC1)N(Cc1cccc(OC)c1)C(=O)Cc1ccc(OC)cc1. The molecule has 2 aromatic rings. The summed E-state index contributed by atoms with van der Waals surface area (Å²) >= 11 is 0. The number of carbonyl (C=O) groups excluding carboxylic acids is 2. The molecule has 2 amide bonds. The average Bonchev–Trinajstić information content (AvgIpc) is 3.32. The highest BCUT2D eigenvalue weighted by Gasteiger charge is 2.30. The molecule has 1 fully saturated rings. The van der Waals surface area contributed by atoms with Crippen molar-refractivity contribution in [2.45, 2.75) is 64.1 Å². The first-order chi connectivity index (χ1) is 15.5. The Kier molecular flexibility index (Phi) is 8.54. The number of nitrogens with one attached hydrogen (secondary N) is 1. The Morgan fingerprint density at radius 3 is 2.31 bits per heavy atom. The molecule has 0 aromatic heterocycles.